The highest BCUT2D eigenvalue weighted by molar-refractivity contribution is 9.10. The zero-order chi connectivity index (χ0) is 9.84. The second-order valence-electron chi connectivity index (χ2n) is 3.07. The maximum absolute atomic E-state index is 9.04. The van der Waals surface area contributed by atoms with Crippen molar-refractivity contribution in [3.8, 4) is 5.75 Å². The molecule has 0 radical (unpaired) electrons. The first-order valence-corrected chi connectivity index (χ1v) is 4.96. The molecular formula is C10H13BrO2. The van der Waals surface area contributed by atoms with Gasteiger partial charge in [-0.3, -0.25) is 0 Å². The Labute approximate surface area is 86.7 Å². The number of rotatable bonds is 3. The van der Waals surface area contributed by atoms with Crippen molar-refractivity contribution in [2.75, 3.05) is 6.61 Å². The average Bonchev–Trinajstić information content (AvgIpc) is 2.06. The number of benzene rings is 1. The fourth-order valence-corrected chi connectivity index (χ4v) is 1.28. The summed E-state index contributed by atoms with van der Waals surface area (Å²) in [6.45, 7) is 4.01. The quantitative estimate of drug-likeness (QED) is 0.886. The SMILES string of the molecule is Cc1ccc(Br)cc1OC[C@H](C)O. The van der Waals surface area contributed by atoms with Crippen LogP contribution in [-0.4, -0.2) is 17.8 Å². The molecule has 0 saturated heterocycles. The lowest BCUT2D eigenvalue weighted by atomic mass is 10.2. The van der Waals surface area contributed by atoms with Crippen LogP contribution in [-0.2, 0) is 0 Å². The molecule has 0 saturated carbocycles. The fraction of sp³-hybridized carbons (Fsp3) is 0.400. The van der Waals surface area contributed by atoms with E-state index < -0.39 is 6.10 Å². The lowest BCUT2D eigenvalue weighted by Gasteiger charge is -2.10. The molecule has 13 heavy (non-hydrogen) atoms. The summed E-state index contributed by atoms with van der Waals surface area (Å²) in [4.78, 5) is 0. The van der Waals surface area contributed by atoms with Gasteiger partial charge in [0, 0.05) is 4.47 Å². The minimum atomic E-state index is -0.432. The standard InChI is InChI=1S/C10H13BrO2/c1-7-3-4-9(11)5-10(7)13-6-8(2)12/h3-5,8,12H,6H2,1-2H3/t8-/m0/s1. The molecule has 0 aliphatic rings. The van der Waals surface area contributed by atoms with E-state index in [-0.39, 0.29) is 0 Å². The normalized spacial score (nSPS) is 12.6. The van der Waals surface area contributed by atoms with Gasteiger partial charge in [-0.1, -0.05) is 22.0 Å². The summed E-state index contributed by atoms with van der Waals surface area (Å²) in [5.41, 5.74) is 1.07. The molecule has 3 heteroatoms. The minimum absolute atomic E-state index is 0.331. The number of hydrogen-bond donors (Lipinski definition) is 1. The van der Waals surface area contributed by atoms with Crippen molar-refractivity contribution in [2.24, 2.45) is 0 Å². The van der Waals surface area contributed by atoms with Crippen LogP contribution in [0.1, 0.15) is 12.5 Å². The van der Waals surface area contributed by atoms with Crippen molar-refractivity contribution >= 4 is 15.9 Å². The Morgan fingerprint density at radius 2 is 2.23 bits per heavy atom. The molecule has 0 bridgehead atoms. The van der Waals surface area contributed by atoms with Crippen LogP contribution in [0.15, 0.2) is 22.7 Å². The highest BCUT2D eigenvalue weighted by Gasteiger charge is 2.02. The van der Waals surface area contributed by atoms with Crippen LogP contribution in [0.2, 0.25) is 0 Å². The first kappa shape index (κ1) is 10.5. The van der Waals surface area contributed by atoms with Crippen LogP contribution in [0.4, 0.5) is 0 Å². The van der Waals surface area contributed by atoms with E-state index in [1.54, 1.807) is 6.92 Å². The van der Waals surface area contributed by atoms with Gasteiger partial charge in [-0.15, -0.1) is 0 Å². The van der Waals surface area contributed by atoms with Crippen molar-refractivity contribution in [2.45, 2.75) is 20.0 Å². The van der Waals surface area contributed by atoms with Crippen molar-refractivity contribution in [1.82, 2.24) is 0 Å². The van der Waals surface area contributed by atoms with Crippen LogP contribution < -0.4 is 4.74 Å². The van der Waals surface area contributed by atoms with E-state index in [0.29, 0.717) is 6.61 Å². The molecule has 1 N–H and O–H groups in total. The third kappa shape index (κ3) is 3.36. The highest BCUT2D eigenvalue weighted by atomic mass is 79.9. The summed E-state index contributed by atoms with van der Waals surface area (Å²) in [5, 5.41) is 9.04. The molecule has 1 rings (SSSR count). The Balaban J connectivity index is 2.70. The second-order valence-corrected chi connectivity index (χ2v) is 3.99. The molecular weight excluding hydrogens is 232 g/mol. The molecule has 0 aliphatic heterocycles. The summed E-state index contributed by atoms with van der Waals surface area (Å²) in [5.74, 6) is 0.815. The van der Waals surface area contributed by atoms with Crippen molar-refractivity contribution in [1.29, 1.82) is 0 Å². The second kappa shape index (κ2) is 4.63. The van der Waals surface area contributed by atoms with Gasteiger partial charge in [0.2, 0.25) is 0 Å². The van der Waals surface area contributed by atoms with E-state index in [4.69, 9.17) is 9.84 Å². The maximum atomic E-state index is 9.04. The molecule has 2 nitrogen and oxygen atoms in total. The average molecular weight is 245 g/mol. The largest absolute Gasteiger partial charge is 0.491 e. The molecule has 0 aliphatic carbocycles. The van der Waals surface area contributed by atoms with Crippen LogP contribution in [0.5, 0.6) is 5.75 Å². The molecule has 1 aromatic carbocycles. The van der Waals surface area contributed by atoms with Gasteiger partial charge >= 0.3 is 0 Å². The summed E-state index contributed by atoms with van der Waals surface area (Å²) in [7, 11) is 0. The number of aliphatic hydroxyl groups excluding tert-OH is 1. The number of hydrogen-bond acceptors (Lipinski definition) is 2. The van der Waals surface area contributed by atoms with Crippen LogP contribution in [0, 0.1) is 6.92 Å². The molecule has 0 spiro atoms. The Kier molecular flexibility index (Phi) is 3.75. The number of ether oxygens (including phenoxy) is 1. The Morgan fingerprint density at radius 1 is 1.54 bits per heavy atom. The third-order valence-corrected chi connectivity index (χ3v) is 2.12. The van der Waals surface area contributed by atoms with Crippen molar-refractivity contribution in [3.63, 3.8) is 0 Å². The van der Waals surface area contributed by atoms with Gasteiger partial charge in [-0.2, -0.15) is 0 Å². The highest BCUT2D eigenvalue weighted by Crippen LogP contribution is 2.22. The first-order chi connectivity index (χ1) is 6.09. The van der Waals surface area contributed by atoms with Gasteiger partial charge in [-0.05, 0) is 31.5 Å². The van der Waals surface area contributed by atoms with Crippen LogP contribution in [0.25, 0.3) is 0 Å². The van der Waals surface area contributed by atoms with E-state index in [9.17, 15) is 0 Å². The lowest BCUT2D eigenvalue weighted by Crippen LogP contribution is -2.13. The van der Waals surface area contributed by atoms with E-state index in [0.717, 1.165) is 15.8 Å². The van der Waals surface area contributed by atoms with Gasteiger partial charge in [0.15, 0.2) is 0 Å². The smallest absolute Gasteiger partial charge is 0.123 e. The molecule has 0 aromatic heterocycles. The lowest BCUT2D eigenvalue weighted by molar-refractivity contribution is 0.122. The van der Waals surface area contributed by atoms with Gasteiger partial charge in [0.05, 0.1) is 6.10 Å². The summed E-state index contributed by atoms with van der Waals surface area (Å²) in [6.07, 6.45) is -0.432. The predicted molar refractivity (Wildman–Crippen MR) is 56.1 cm³/mol. The van der Waals surface area contributed by atoms with E-state index in [1.807, 2.05) is 25.1 Å². The van der Waals surface area contributed by atoms with Crippen LogP contribution in [0.3, 0.4) is 0 Å². The number of aliphatic hydroxyl groups is 1. The van der Waals surface area contributed by atoms with E-state index in [1.165, 1.54) is 0 Å². The van der Waals surface area contributed by atoms with Gasteiger partial charge < -0.3 is 9.84 Å². The van der Waals surface area contributed by atoms with Crippen molar-refractivity contribution in [3.05, 3.63) is 28.2 Å². The minimum Gasteiger partial charge on any atom is -0.491 e. The predicted octanol–water partition coefficient (Wildman–Crippen LogP) is 2.52. The zero-order valence-corrected chi connectivity index (χ0v) is 9.34. The zero-order valence-electron chi connectivity index (χ0n) is 7.75. The van der Waals surface area contributed by atoms with Crippen LogP contribution >= 0.6 is 15.9 Å². The molecule has 0 amide bonds. The van der Waals surface area contributed by atoms with Gasteiger partial charge in [-0.25, -0.2) is 0 Å². The topological polar surface area (TPSA) is 29.5 Å². The molecule has 72 valence electrons. The van der Waals surface area contributed by atoms with Gasteiger partial charge in [0.1, 0.15) is 12.4 Å². The summed E-state index contributed by atoms with van der Waals surface area (Å²) in [6, 6.07) is 5.84. The van der Waals surface area contributed by atoms with E-state index >= 15 is 0 Å². The maximum Gasteiger partial charge on any atom is 0.123 e. The monoisotopic (exact) mass is 244 g/mol. The fourth-order valence-electron chi connectivity index (χ4n) is 0.940. The molecule has 1 aromatic rings. The molecule has 0 fully saturated rings. The third-order valence-electron chi connectivity index (χ3n) is 1.63. The number of halogens is 1. The Morgan fingerprint density at radius 3 is 2.85 bits per heavy atom. The molecule has 0 unspecified atom stereocenters. The van der Waals surface area contributed by atoms with Gasteiger partial charge in [0.25, 0.3) is 0 Å². The molecule has 1 atom stereocenters. The molecule has 0 heterocycles. The summed E-state index contributed by atoms with van der Waals surface area (Å²) >= 11 is 3.36. The van der Waals surface area contributed by atoms with E-state index in [2.05, 4.69) is 15.9 Å². The summed E-state index contributed by atoms with van der Waals surface area (Å²) < 4.78 is 6.38. The first-order valence-electron chi connectivity index (χ1n) is 4.16. The van der Waals surface area contributed by atoms with Crippen molar-refractivity contribution < 1.29 is 9.84 Å². The number of aryl methyl sites for hydroxylation is 1. The Hall–Kier alpha value is -0.540. The Bertz CT molecular complexity index is 284.